The number of aromatic hydroxyl groups is 2. The molecule has 0 amide bonds. The van der Waals surface area contributed by atoms with Crippen LogP contribution in [-0.2, 0) is 0 Å². The molecule has 8 heteroatoms. The summed E-state index contributed by atoms with van der Waals surface area (Å²) >= 11 is 0. The Bertz CT molecular complexity index is 886. The van der Waals surface area contributed by atoms with E-state index in [2.05, 4.69) is 10.2 Å². The third-order valence-corrected chi connectivity index (χ3v) is 3.18. The van der Waals surface area contributed by atoms with Gasteiger partial charge in [0.15, 0.2) is 0 Å². The van der Waals surface area contributed by atoms with Crippen molar-refractivity contribution in [3.05, 3.63) is 55.6 Å². The van der Waals surface area contributed by atoms with Crippen molar-refractivity contribution in [2.75, 3.05) is 0 Å². The van der Waals surface area contributed by atoms with Crippen LogP contribution in [0.1, 0.15) is 36.5 Å². The van der Waals surface area contributed by atoms with E-state index in [4.69, 9.17) is 8.83 Å². The number of hydrogen-bond acceptors (Lipinski definition) is 8. The van der Waals surface area contributed by atoms with Gasteiger partial charge in [-0.3, -0.25) is 0 Å². The summed E-state index contributed by atoms with van der Waals surface area (Å²) in [4.78, 5) is 23.6. The van der Waals surface area contributed by atoms with Crippen LogP contribution in [0, 0.1) is 13.8 Å². The van der Waals surface area contributed by atoms with Crippen molar-refractivity contribution in [2.45, 2.75) is 27.7 Å². The van der Waals surface area contributed by atoms with Gasteiger partial charge < -0.3 is 19.0 Å². The SMILES string of the molecule is C/C(=N/N=C(\C)c1c(O)cc(C)oc1=O)c1c(O)cc(C)oc1=O. The van der Waals surface area contributed by atoms with Crippen LogP contribution in [0.25, 0.3) is 0 Å². The zero-order valence-corrected chi connectivity index (χ0v) is 13.6. The molecule has 0 atom stereocenters. The van der Waals surface area contributed by atoms with E-state index in [0.717, 1.165) is 0 Å². The summed E-state index contributed by atoms with van der Waals surface area (Å²) in [5.41, 5.74) is -1.57. The van der Waals surface area contributed by atoms with Gasteiger partial charge >= 0.3 is 11.3 Å². The zero-order valence-electron chi connectivity index (χ0n) is 13.6. The highest BCUT2D eigenvalue weighted by Gasteiger charge is 2.15. The Morgan fingerprint density at radius 3 is 1.46 bits per heavy atom. The number of hydrogen-bond donors (Lipinski definition) is 2. The lowest BCUT2D eigenvalue weighted by Crippen LogP contribution is -2.14. The molecule has 24 heavy (non-hydrogen) atoms. The van der Waals surface area contributed by atoms with Crippen molar-refractivity contribution in [1.82, 2.24) is 0 Å². The molecule has 0 aliphatic carbocycles. The van der Waals surface area contributed by atoms with Crippen LogP contribution >= 0.6 is 0 Å². The minimum absolute atomic E-state index is 0.0941. The molecular formula is C16H16N2O6. The van der Waals surface area contributed by atoms with Crippen LogP contribution < -0.4 is 11.3 Å². The molecule has 0 aliphatic rings. The molecule has 0 unspecified atom stereocenters. The summed E-state index contributed by atoms with van der Waals surface area (Å²) in [7, 11) is 0. The molecule has 0 spiro atoms. The van der Waals surface area contributed by atoms with E-state index in [1.54, 1.807) is 0 Å². The second-order valence-electron chi connectivity index (χ2n) is 5.18. The topological polar surface area (TPSA) is 126 Å². The van der Waals surface area contributed by atoms with Gasteiger partial charge in [0, 0.05) is 12.1 Å². The summed E-state index contributed by atoms with van der Waals surface area (Å²) in [6.45, 7) is 5.96. The van der Waals surface area contributed by atoms with Crippen molar-refractivity contribution in [3.8, 4) is 11.5 Å². The average molecular weight is 332 g/mol. The van der Waals surface area contributed by atoms with E-state index in [1.807, 2.05) is 0 Å². The Hall–Kier alpha value is -3.16. The average Bonchev–Trinajstić information content (AvgIpc) is 2.42. The van der Waals surface area contributed by atoms with E-state index in [-0.39, 0.29) is 45.6 Å². The standard InChI is InChI=1S/C16H16N2O6/c1-7-5-11(19)13(15(21)23-7)9(3)17-18-10(4)14-12(20)6-8(2)24-16(14)22/h5-6,19-20H,1-4H3/b17-9-,18-10+. The molecule has 2 aromatic rings. The molecule has 8 nitrogen and oxygen atoms in total. The molecule has 0 saturated heterocycles. The van der Waals surface area contributed by atoms with E-state index in [0.29, 0.717) is 0 Å². The predicted octanol–water partition coefficient (Wildman–Crippen LogP) is 1.85. The molecule has 0 radical (unpaired) electrons. The maximum Gasteiger partial charge on any atom is 0.348 e. The number of aryl methyl sites for hydroxylation is 2. The minimum atomic E-state index is -0.751. The first-order valence-corrected chi connectivity index (χ1v) is 6.97. The van der Waals surface area contributed by atoms with Crippen LogP contribution in [0.2, 0.25) is 0 Å². The second kappa shape index (κ2) is 6.53. The Labute approximate surface area is 136 Å². The molecule has 126 valence electrons. The van der Waals surface area contributed by atoms with E-state index in [1.165, 1.54) is 39.8 Å². The Morgan fingerprint density at radius 2 is 1.17 bits per heavy atom. The zero-order chi connectivity index (χ0) is 18.0. The first-order chi connectivity index (χ1) is 11.2. The number of nitrogens with zero attached hydrogens (tertiary/aromatic N) is 2. The maximum absolute atomic E-state index is 11.8. The summed E-state index contributed by atoms with van der Waals surface area (Å²) in [5.74, 6) is -0.0436. The minimum Gasteiger partial charge on any atom is -0.507 e. The third-order valence-electron chi connectivity index (χ3n) is 3.18. The van der Waals surface area contributed by atoms with Gasteiger partial charge in [-0.05, 0) is 27.7 Å². The summed E-state index contributed by atoms with van der Waals surface area (Å²) in [6, 6.07) is 2.57. The van der Waals surface area contributed by atoms with Crippen molar-refractivity contribution >= 4 is 11.4 Å². The molecular weight excluding hydrogens is 316 g/mol. The highest BCUT2D eigenvalue weighted by Crippen LogP contribution is 2.17. The van der Waals surface area contributed by atoms with Crippen molar-refractivity contribution in [1.29, 1.82) is 0 Å². The molecule has 0 aromatic carbocycles. The monoisotopic (exact) mass is 332 g/mol. The fraction of sp³-hybridized carbons (Fsp3) is 0.250. The Kier molecular flexibility index (Phi) is 4.68. The Morgan fingerprint density at radius 1 is 0.833 bits per heavy atom. The largest absolute Gasteiger partial charge is 0.507 e. The fourth-order valence-electron chi connectivity index (χ4n) is 2.11. The normalized spacial score (nSPS) is 12.5. The molecule has 0 bridgehead atoms. The fourth-order valence-corrected chi connectivity index (χ4v) is 2.11. The first kappa shape index (κ1) is 17.2. The van der Waals surface area contributed by atoms with Crippen LogP contribution in [-0.4, -0.2) is 21.6 Å². The summed E-state index contributed by atoms with van der Waals surface area (Å²) < 4.78 is 9.81. The van der Waals surface area contributed by atoms with Crippen LogP contribution in [0.5, 0.6) is 11.5 Å². The quantitative estimate of drug-likeness (QED) is 0.652. The molecule has 0 fully saturated rings. The van der Waals surface area contributed by atoms with Crippen molar-refractivity contribution < 1.29 is 19.0 Å². The van der Waals surface area contributed by atoms with Gasteiger partial charge in [-0.15, -0.1) is 0 Å². The maximum atomic E-state index is 11.8. The van der Waals surface area contributed by atoms with Crippen LogP contribution in [0.15, 0.2) is 40.8 Å². The highest BCUT2D eigenvalue weighted by molar-refractivity contribution is 6.03. The van der Waals surface area contributed by atoms with E-state index < -0.39 is 11.3 Å². The smallest absolute Gasteiger partial charge is 0.348 e. The molecule has 0 saturated carbocycles. The molecule has 2 N–H and O–H groups in total. The van der Waals surface area contributed by atoms with Crippen LogP contribution in [0.4, 0.5) is 0 Å². The lowest BCUT2D eigenvalue weighted by atomic mass is 10.1. The molecule has 2 heterocycles. The van der Waals surface area contributed by atoms with Gasteiger partial charge in [-0.1, -0.05) is 0 Å². The number of rotatable bonds is 3. The summed E-state index contributed by atoms with van der Waals surface area (Å²) in [6.07, 6.45) is 0. The molecule has 2 rings (SSSR count). The van der Waals surface area contributed by atoms with E-state index in [9.17, 15) is 19.8 Å². The third kappa shape index (κ3) is 3.43. The van der Waals surface area contributed by atoms with Gasteiger partial charge in [0.2, 0.25) is 0 Å². The van der Waals surface area contributed by atoms with Gasteiger partial charge in [0.05, 0.1) is 11.4 Å². The molecule has 2 aromatic heterocycles. The Balaban J connectivity index is 2.48. The van der Waals surface area contributed by atoms with Gasteiger partial charge in [-0.2, -0.15) is 10.2 Å². The van der Waals surface area contributed by atoms with Crippen molar-refractivity contribution in [3.63, 3.8) is 0 Å². The van der Waals surface area contributed by atoms with Gasteiger partial charge in [0.1, 0.15) is 34.1 Å². The van der Waals surface area contributed by atoms with Gasteiger partial charge in [0.25, 0.3) is 0 Å². The predicted molar refractivity (Wildman–Crippen MR) is 87.2 cm³/mol. The lowest BCUT2D eigenvalue weighted by molar-refractivity contribution is 0.431. The summed E-state index contributed by atoms with van der Waals surface area (Å²) in [5, 5.41) is 27.3. The highest BCUT2D eigenvalue weighted by atomic mass is 16.4. The van der Waals surface area contributed by atoms with E-state index >= 15 is 0 Å². The second-order valence-corrected chi connectivity index (χ2v) is 5.18. The molecule has 0 aliphatic heterocycles. The van der Waals surface area contributed by atoms with Gasteiger partial charge in [-0.25, -0.2) is 9.59 Å². The lowest BCUT2D eigenvalue weighted by Gasteiger charge is -2.03. The first-order valence-electron chi connectivity index (χ1n) is 6.97. The van der Waals surface area contributed by atoms with Crippen molar-refractivity contribution in [2.24, 2.45) is 10.2 Å². The van der Waals surface area contributed by atoms with Crippen LogP contribution in [0.3, 0.4) is 0 Å².